The number of hydrogen-bond acceptors (Lipinski definition) is 2. The Bertz CT molecular complexity index is 445. The smallest absolute Gasteiger partial charge is 0.319 e. The van der Waals surface area contributed by atoms with Crippen LogP contribution in [0.2, 0.25) is 0 Å². The summed E-state index contributed by atoms with van der Waals surface area (Å²) in [5, 5.41) is 12.3. The maximum absolute atomic E-state index is 13.4. The Hall–Kier alpha value is -2.11. The molecule has 0 aliphatic heterocycles. The molecule has 6 heteroatoms. The third-order valence-corrected chi connectivity index (χ3v) is 1.95. The van der Waals surface area contributed by atoms with E-state index >= 15 is 0 Å². The van der Waals surface area contributed by atoms with Crippen molar-refractivity contribution in [2.75, 3.05) is 5.32 Å². The molecule has 1 aromatic carbocycles. The van der Waals surface area contributed by atoms with Gasteiger partial charge in [0.25, 0.3) is 0 Å². The van der Waals surface area contributed by atoms with Crippen LogP contribution in [0.15, 0.2) is 18.2 Å². The van der Waals surface area contributed by atoms with E-state index in [1.165, 1.54) is 18.2 Å². The lowest BCUT2D eigenvalue weighted by atomic mass is 10.1. The first-order valence-electron chi connectivity index (χ1n) is 5.12. The van der Waals surface area contributed by atoms with Crippen LogP contribution in [0.3, 0.4) is 0 Å². The van der Waals surface area contributed by atoms with Gasteiger partial charge in [0.05, 0.1) is 11.3 Å². The fraction of sp³-hybridized carbons (Fsp3) is 0.273. The number of anilines is 1. The molecule has 92 valence electrons. The molecule has 0 saturated heterocycles. The average molecular weight is 238 g/mol. The molecule has 0 fully saturated rings. The molecule has 17 heavy (non-hydrogen) atoms. The van der Waals surface area contributed by atoms with Crippen LogP contribution >= 0.6 is 0 Å². The van der Waals surface area contributed by atoms with Crippen LogP contribution in [-0.2, 0) is 0 Å². The van der Waals surface area contributed by atoms with Crippen LogP contribution in [-0.4, -0.2) is 17.9 Å². The second kappa shape index (κ2) is 5.29. The second-order valence-corrected chi connectivity index (χ2v) is 3.83. The van der Waals surface area contributed by atoms with Gasteiger partial charge in [0.1, 0.15) is 11.7 Å². The van der Waals surface area contributed by atoms with E-state index < -0.39 is 17.7 Å². The molecule has 1 rings (SSSR count). The lowest BCUT2D eigenvalue weighted by Crippen LogP contribution is -2.34. The zero-order valence-electron chi connectivity index (χ0n) is 9.67. The molecule has 1 aromatic rings. The predicted octanol–water partition coefficient (Wildman–Crippen LogP) is 1.64. The molecular weight excluding hydrogens is 223 g/mol. The third kappa shape index (κ3) is 3.44. The maximum atomic E-state index is 13.4. The zero-order valence-corrected chi connectivity index (χ0v) is 9.67. The monoisotopic (exact) mass is 238 g/mol. The van der Waals surface area contributed by atoms with Gasteiger partial charge >= 0.3 is 6.03 Å². The Morgan fingerprint density at radius 1 is 1.47 bits per heavy atom. The van der Waals surface area contributed by atoms with E-state index in [-0.39, 0.29) is 17.3 Å². The van der Waals surface area contributed by atoms with Crippen LogP contribution in [0.4, 0.5) is 14.9 Å². The summed E-state index contributed by atoms with van der Waals surface area (Å²) >= 11 is 0. The highest BCUT2D eigenvalue weighted by molar-refractivity contribution is 6.04. The highest BCUT2D eigenvalue weighted by Crippen LogP contribution is 2.18. The lowest BCUT2D eigenvalue weighted by molar-refractivity contribution is 0.250. The summed E-state index contributed by atoms with van der Waals surface area (Å²) < 4.78 is 13.4. The Balaban J connectivity index is 2.95. The first-order valence-corrected chi connectivity index (χ1v) is 5.12. The molecule has 0 radical (unpaired) electrons. The number of nitrogen functional groups attached to an aromatic ring is 1. The van der Waals surface area contributed by atoms with Gasteiger partial charge in [-0.15, -0.1) is 0 Å². The molecule has 0 saturated carbocycles. The van der Waals surface area contributed by atoms with Crippen molar-refractivity contribution in [3.8, 4) is 0 Å². The fourth-order valence-corrected chi connectivity index (χ4v) is 1.32. The molecule has 5 nitrogen and oxygen atoms in total. The molecule has 0 aromatic heterocycles. The number of halogens is 1. The number of carbonyl (C=O) groups excluding carboxylic acids is 1. The largest absolute Gasteiger partial charge is 0.384 e. The molecule has 0 heterocycles. The normalized spacial score (nSPS) is 10.1. The molecule has 2 amide bonds. The molecule has 5 N–H and O–H groups in total. The van der Waals surface area contributed by atoms with Gasteiger partial charge in [0.2, 0.25) is 0 Å². The number of hydrogen-bond donors (Lipinski definition) is 4. The van der Waals surface area contributed by atoms with Gasteiger partial charge in [0.15, 0.2) is 0 Å². The summed E-state index contributed by atoms with van der Waals surface area (Å²) in [6.07, 6.45) is 0. The van der Waals surface area contributed by atoms with E-state index in [0.29, 0.717) is 0 Å². The van der Waals surface area contributed by atoms with E-state index in [2.05, 4.69) is 10.6 Å². The highest BCUT2D eigenvalue weighted by Gasteiger charge is 2.13. The summed E-state index contributed by atoms with van der Waals surface area (Å²) in [4.78, 5) is 11.5. The van der Waals surface area contributed by atoms with Crippen LogP contribution in [0.1, 0.15) is 19.4 Å². The zero-order chi connectivity index (χ0) is 13.0. The van der Waals surface area contributed by atoms with Crippen molar-refractivity contribution < 1.29 is 9.18 Å². The van der Waals surface area contributed by atoms with Crippen molar-refractivity contribution in [2.24, 2.45) is 5.73 Å². The molecule has 0 spiro atoms. The Morgan fingerprint density at radius 2 is 2.12 bits per heavy atom. The van der Waals surface area contributed by atoms with Gasteiger partial charge in [-0.2, -0.15) is 0 Å². The van der Waals surface area contributed by atoms with Crippen molar-refractivity contribution in [2.45, 2.75) is 19.9 Å². The van der Waals surface area contributed by atoms with Gasteiger partial charge in [-0.1, -0.05) is 6.07 Å². The van der Waals surface area contributed by atoms with Crippen molar-refractivity contribution in [3.63, 3.8) is 0 Å². The number of carbonyl (C=O) groups is 1. The molecule has 0 unspecified atom stereocenters. The number of urea groups is 1. The van der Waals surface area contributed by atoms with Gasteiger partial charge in [-0.3, -0.25) is 5.41 Å². The lowest BCUT2D eigenvalue weighted by Gasteiger charge is -2.13. The summed E-state index contributed by atoms with van der Waals surface area (Å²) in [5.74, 6) is -1.07. The van der Waals surface area contributed by atoms with Crippen LogP contribution in [0.25, 0.3) is 0 Å². The van der Waals surface area contributed by atoms with Crippen molar-refractivity contribution in [3.05, 3.63) is 29.6 Å². The van der Waals surface area contributed by atoms with Gasteiger partial charge in [-0.05, 0) is 26.0 Å². The molecular formula is C11H15FN4O. The predicted molar refractivity (Wildman–Crippen MR) is 64.7 cm³/mol. The number of amidine groups is 1. The topological polar surface area (TPSA) is 91.0 Å². The van der Waals surface area contributed by atoms with Crippen molar-refractivity contribution in [1.82, 2.24) is 5.32 Å². The Kier molecular flexibility index (Phi) is 4.03. The van der Waals surface area contributed by atoms with Crippen LogP contribution < -0.4 is 16.4 Å². The summed E-state index contributed by atoms with van der Waals surface area (Å²) in [5.41, 5.74) is 5.34. The summed E-state index contributed by atoms with van der Waals surface area (Å²) in [7, 11) is 0. The standard InChI is InChI=1S/C11H15FN4O/c1-6(2)15-11(17)16-8-5-3-4-7(12)9(8)10(13)14/h3-6H,1-2H3,(H3,13,14)(H2,15,16,17). The minimum Gasteiger partial charge on any atom is -0.384 e. The Labute approximate surface area is 98.7 Å². The number of rotatable bonds is 3. The number of benzene rings is 1. The van der Waals surface area contributed by atoms with Gasteiger partial charge in [-0.25, -0.2) is 9.18 Å². The molecule has 0 aliphatic carbocycles. The minimum absolute atomic E-state index is 0.0377. The number of nitrogens with two attached hydrogens (primary N) is 1. The van der Waals surface area contributed by atoms with Crippen molar-refractivity contribution in [1.29, 1.82) is 5.41 Å². The number of nitrogens with one attached hydrogen (secondary N) is 3. The molecule has 0 atom stereocenters. The summed E-state index contributed by atoms with van der Waals surface area (Å²) in [6, 6.07) is 3.60. The average Bonchev–Trinajstić information content (AvgIpc) is 2.15. The molecule has 0 bridgehead atoms. The highest BCUT2D eigenvalue weighted by atomic mass is 19.1. The first-order chi connectivity index (χ1) is 7.91. The van der Waals surface area contributed by atoms with Gasteiger partial charge < -0.3 is 16.4 Å². The third-order valence-electron chi connectivity index (χ3n) is 1.95. The van der Waals surface area contributed by atoms with E-state index in [1.807, 2.05) is 0 Å². The number of amides is 2. The Morgan fingerprint density at radius 3 is 2.65 bits per heavy atom. The fourth-order valence-electron chi connectivity index (χ4n) is 1.32. The first kappa shape index (κ1) is 13.0. The summed E-state index contributed by atoms with van der Waals surface area (Å²) in [6.45, 7) is 3.61. The molecule has 0 aliphatic rings. The van der Waals surface area contributed by atoms with Crippen LogP contribution in [0, 0.1) is 11.2 Å². The van der Waals surface area contributed by atoms with E-state index in [9.17, 15) is 9.18 Å². The minimum atomic E-state index is -0.639. The van der Waals surface area contributed by atoms with E-state index in [0.717, 1.165) is 0 Å². The second-order valence-electron chi connectivity index (χ2n) is 3.83. The quantitative estimate of drug-likeness (QED) is 0.476. The van der Waals surface area contributed by atoms with Crippen LogP contribution in [0.5, 0.6) is 0 Å². The van der Waals surface area contributed by atoms with E-state index in [4.69, 9.17) is 11.1 Å². The van der Waals surface area contributed by atoms with E-state index in [1.54, 1.807) is 13.8 Å². The maximum Gasteiger partial charge on any atom is 0.319 e. The SMILES string of the molecule is CC(C)NC(=O)Nc1cccc(F)c1C(=N)N. The van der Waals surface area contributed by atoms with Crippen molar-refractivity contribution >= 4 is 17.6 Å². The van der Waals surface area contributed by atoms with Gasteiger partial charge in [0, 0.05) is 6.04 Å².